The van der Waals surface area contributed by atoms with Gasteiger partial charge < -0.3 is 13.9 Å². The Bertz CT molecular complexity index is 4290. The molecule has 0 aliphatic rings. The Hall–Kier alpha value is -9.44. The van der Waals surface area contributed by atoms with E-state index < -0.39 is 0 Å². The van der Waals surface area contributed by atoms with Crippen molar-refractivity contribution in [2.24, 2.45) is 0 Å². The third-order valence-corrected chi connectivity index (χ3v) is 14.4. The number of benzene rings is 12. The van der Waals surface area contributed by atoms with E-state index in [1.807, 2.05) is 12.1 Å². The van der Waals surface area contributed by atoms with Gasteiger partial charge in [0, 0.05) is 49.6 Å². The van der Waals surface area contributed by atoms with Crippen molar-refractivity contribution in [1.82, 2.24) is 4.57 Å². The van der Waals surface area contributed by atoms with Crippen LogP contribution in [0.1, 0.15) is 0 Å². The third kappa shape index (κ3) is 6.66. The molecule has 3 heteroatoms. The monoisotopic (exact) mass is 904 g/mol. The maximum atomic E-state index is 6.53. The molecule has 2 heterocycles. The van der Waals surface area contributed by atoms with Crippen molar-refractivity contribution >= 4 is 82.4 Å². The zero-order valence-electron chi connectivity index (χ0n) is 38.7. The molecule has 0 aliphatic carbocycles. The van der Waals surface area contributed by atoms with E-state index >= 15 is 0 Å². The lowest BCUT2D eigenvalue weighted by atomic mass is 9.91. The number of para-hydroxylation sites is 6. The van der Waals surface area contributed by atoms with Crippen LogP contribution >= 0.6 is 0 Å². The van der Waals surface area contributed by atoms with Crippen LogP contribution in [0.4, 0.5) is 17.1 Å². The van der Waals surface area contributed by atoms with Gasteiger partial charge in [0.25, 0.3) is 0 Å². The Labute approximate surface area is 411 Å². The smallest absolute Gasteiger partial charge is 0.143 e. The topological polar surface area (TPSA) is 21.3 Å². The quantitative estimate of drug-likeness (QED) is 0.142. The summed E-state index contributed by atoms with van der Waals surface area (Å²) in [7, 11) is 0. The molecule has 0 saturated heterocycles. The van der Waals surface area contributed by atoms with Gasteiger partial charge in [0.05, 0.1) is 22.4 Å². The van der Waals surface area contributed by atoms with Gasteiger partial charge in [-0.05, 0) is 110 Å². The first kappa shape index (κ1) is 40.6. The Morgan fingerprint density at radius 3 is 1.48 bits per heavy atom. The van der Waals surface area contributed by atoms with Gasteiger partial charge in [0.15, 0.2) is 0 Å². The molecule has 0 bridgehead atoms. The second-order valence-corrected chi connectivity index (χ2v) is 18.4. The normalized spacial score (nSPS) is 11.7. The number of aromatic nitrogens is 1. The van der Waals surface area contributed by atoms with Crippen LogP contribution < -0.4 is 4.90 Å². The van der Waals surface area contributed by atoms with Gasteiger partial charge in [-0.3, -0.25) is 0 Å². The largest absolute Gasteiger partial charge is 0.455 e. The minimum absolute atomic E-state index is 0.896. The molecule has 0 N–H and O–H groups in total. The fourth-order valence-corrected chi connectivity index (χ4v) is 11.2. The first-order valence-electron chi connectivity index (χ1n) is 24.3. The number of fused-ring (bicyclic) bond motifs is 9. The predicted molar refractivity (Wildman–Crippen MR) is 299 cm³/mol. The summed E-state index contributed by atoms with van der Waals surface area (Å²) >= 11 is 0. The summed E-state index contributed by atoms with van der Waals surface area (Å²) in [5.41, 5.74) is 17.6. The molecule has 0 unspecified atom stereocenters. The van der Waals surface area contributed by atoms with Gasteiger partial charge in [0.1, 0.15) is 11.2 Å². The number of nitrogens with zero attached hydrogens (tertiary/aromatic N) is 2. The fraction of sp³-hybridized carbons (Fsp3) is 0. The van der Waals surface area contributed by atoms with Crippen LogP contribution in [0.15, 0.2) is 271 Å². The van der Waals surface area contributed by atoms with E-state index in [2.05, 4.69) is 264 Å². The van der Waals surface area contributed by atoms with Gasteiger partial charge in [0.2, 0.25) is 0 Å². The Morgan fingerprint density at radius 2 is 0.775 bits per heavy atom. The lowest BCUT2D eigenvalue weighted by Crippen LogP contribution is -2.11. The van der Waals surface area contributed by atoms with Gasteiger partial charge >= 0.3 is 0 Å². The van der Waals surface area contributed by atoms with Crippen molar-refractivity contribution < 1.29 is 4.42 Å². The molecular weight excluding hydrogens is 861 g/mol. The van der Waals surface area contributed by atoms with E-state index in [4.69, 9.17) is 4.42 Å². The maximum absolute atomic E-state index is 6.53. The summed E-state index contributed by atoms with van der Waals surface area (Å²) in [5, 5.41) is 9.74. The Kier molecular flexibility index (Phi) is 9.53. The van der Waals surface area contributed by atoms with E-state index in [1.54, 1.807) is 0 Å². The van der Waals surface area contributed by atoms with E-state index in [-0.39, 0.29) is 0 Å². The van der Waals surface area contributed by atoms with Gasteiger partial charge in [-0.25, -0.2) is 0 Å². The molecule has 0 amide bonds. The van der Waals surface area contributed by atoms with Crippen LogP contribution in [0.3, 0.4) is 0 Å². The molecule has 14 aromatic rings. The van der Waals surface area contributed by atoms with Gasteiger partial charge in [-0.1, -0.05) is 206 Å². The molecule has 14 rings (SSSR count). The highest BCUT2D eigenvalue weighted by atomic mass is 16.3. The molecule has 332 valence electrons. The van der Waals surface area contributed by atoms with Crippen molar-refractivity contribution in [2.45, 2.75) is 0 Å². The van der Waals surface area contributed by atoms with Crippen molar-refractivity contribution in [2.75, 3.05) is 4.90 Å². The number of furan rings is 1. The zero-order valence-corrected chi connectivity index (χ0v) is 38.7. The predicted octanol–water partition coefficient (Wildman–Crippen LogP) is 19.1. The molecule has 12 aromatic carbocycles. The summed E-state index contributed by atoms with van der Waals surface area (Å²) in [6.45, 7) is 0. The SMILES string of the molecule is c1ccc(-c2ccccc2-n2c3ccccc3c3ccccc32)c(-c2ccccc2N(c2ccc(-c3cc4ccccc4c4ccccc34)cc2)c2ccc(-c3cccc4c3oc3ccccc34)cc2)c1. The van der Waals surface area contributed by atoms with E-state index in [0.717, 1.165) is 78.1 Å². The van der Waals surface area contributed by atoms with Crippen LogP contribution in [0.2, 0.25) is 0 Å². The van der Waals surface area contributed by atoms with E-state index in [0.29, 0.717) is 0 Å². The Morgan fingerprint density at radius 1 is 0.296 bits per heavy atom. The second kappa shape index (κ2) is 16.7. The van der Waals surface area contributed by atoms with Crippen molar-refractivity contribution in [1.29, 1.82) is 0 Å². The van der Waals surface area contributed by atoms with E-state index in [9.17, 15) is 0 Å². The summed E-state index contributed by atoms with van der Waals surface area (Å²) < 4.78 is 8.96. The van der Waals surface area contributed by atoms with Gasteiger partial charge in [-0.15, -0.1) is 0 Å². The first-order chi connectivity index (χ1) is 35.2. The van der Waals surface area contributed by atoms with Crippen LogP contribution in [-0.4, -0.2) is 4.57 Å². The highest BCUT2D eigenvalue weighted by molar-refractivity contribution is 6.14. The zero-order chi connectivity index (χ0) is 46.8. The number of hydrogen-bond donors (Lipinski definition) is 0. The van der Waals surface area contributed by atoms with E-state index in [1.165, 1.54) is 54.5 Å². The van der Waals surface area contributed by atoms with Crippen LogP contribution in [0.5, 0.6) is 0 Å². The lowest BCUT2D eigenvalue weighted by Gasteiger charge is -2.29. The minimum atomic E-state index is 0.896. The molecule has 71 heavy (non-hydrogen) atoms. The number of hydrogen-bond acceptors (Lipinski definition) is 2. The van der Waals surface area contributed by atoms with Crippen molar-refractivity contribution in [3.05, 3.63) is 267 Å². The summed E-state index contributed by atoms with van der Waals surface area (Å²) in [6, 6.07) is 96.8. The minimum Gasteiger partial charge on any atom is -0.455 e. The summed E-state index contributed by atoms with van der Waals surface area (Å²) in [6.07, 6.45) is 0. The van der Waals surface area contributed by atoms with Gasteiger partial charge in [-0.2, -0.15) is 0 Å². The lowest BCUT2D eigenvalue weighted by molar-refractivity contribution is 0.670. The molecule has 0 spiro atoms. The second-order valence-electron chi connectivity index (χ2n) is 18.4. The highest BCUT2D eigenvalue weighted by Gasteiger charge is 2.23. The molecule has 0 aliphatic heterocycles. The third-order valence-electron chi connectivity index (χ3n) is 14.4. The molecule has 0 atom stereocenters. The Balaban J connectivity index is 0.941. The average molecular weight is 905 g/mol. The van der Waals surface area contributed by atoms with Crippen LogP contribution in [-0.2, 0) is 0 Å². The van der Waals surface area contributed by atoms with Crippen molar-refractivity contribution in [3.63, 3.8) is 0 Å². The first-order valence-corrected chi connectivity index (χ1v) is 24.3. The molecule has 2 aromatic heterocycles. The molecular formula is C68H44N2O. The highest BCUT2D eigenvalue weighted by Crippen LogP contribution is 2.47. The molecule has 0 radical (unpaired) electrons. The maximum Gasteiger partial charge on any atom is 0.143 e. The van der Waals surface area contributed by atoms with Crippen LogP contribution in [0, 0.1) is 0 Å². The average Bonchev–Trinajstić information content (AvgIpc) is 4.00. The van der Waals surface area contributed by atoms with Crippen LogP contribution in [0.25, 0.3) is 115 Å². The molecule has 3 nitrogen and oxygen atoms in total. The van der Waals surface area contributed by atoms with Crippen molar-refractivity contribution in [3.8, 4) is 50.2 Å². The summed E-state index contributed by atoms with van der Waals surface area (Å²) in [5.74, 6) is 0. The fourth-order valence-electron chi connectivity index (χ4n) is 11.2. The molecule has 0 saturated carbocycles. The summed E-state index contributed by atoms with van der Waals surface area (Å²) in [4.78, 5) is 2.42. The molecule has 0 fully saturated rings. The number of rotatable bonds is 8. The standard InChI is InChI=1S/C68H44N2O/c1-2-19-50-47(18-1)44-62(55-23-6-3-20-52(50)55)46-38-42-49(43-39-46)69(48-40-36-45(37-41-48)51-29-17-30-61-60-28-11-16-35-67(60)71-68(51)61)63-31-12-7-24-56(63)53-21-4-5-22-54(53)57-25-8-13-32-64(57)70-65-33-14-9-26-58(65)59-27-10-15-34-66(59)70/h1-44H. The number of anilines is 3.